The SMILES string of the molecule is C=CCN(CCOC)S(=O)(=O)c1scnc1C(=O)OC. The first-order chi connectivity index (χ1) is 9.48. The largest absolute Gasteiger partial charge is 0.464 e. The van der Waals surface area contributed by atoms with Crippen molar-refractivity contribution in [2.75, 3.05) is 33.9 Å². The molecule has 0 bridgehead atoms. The van der Waals surface area contributed by atoms with E-state index in [4.69, 9.17) is 4.74 Å². The highest BCUT2D eigenvalue weighted by atomic mass is 32.2. The van der Waals surface area contributed by atoms with Gasteiger partial charge in [-0.1, -0.05) is 6.08 Å². The van der Waals surface area contributed by atoms with Crippen molar-refractivity contribution in [3.63, 3.8) is 0 Å². The van der Waals surface area contributed by atoms with Gasteiger partial charge in [0.1, 0.15) is 0 Å². The Morgan fingerprint density at radius 1 is 1.55 bits per heavy atom. The minimum absolute atomic E-state index is 0.115. The highest BCUT2D eigenvalue weighted by Crippen LogP contribution is 2.24. The second-order valence-electron chi connectivity index (χ2n) is 3.62. The van der Waals surface area contributed by atoms with Crippen LogP contribution in [0, 0.1) is 0 Å². The van der Waals surface area contributed by atoms with E-state index < -0.39 is 16.0 Å². The number of methoxy groups -OCH3 is 2. The molecule has 0 aliphatic heterocycles. The molecular weight excluding hydrogens is 304 g/mol. The van der Waals surface area contributed by atoms with Crippen LogP contribution in [0.25, 0.3) is 0 Å². The van der Waals surface area contributed by atoms with Gasteiger partial charge in [-0.25, -0.2) is 18.2 Å². The fourth-order valence-corrected chi connectivity index (χ4v) is 4.08. The second-order valence-corrected chi connectivity index (χ2v) is 6.61. The van der Waals surface area contributed by atoms with Crippen LogP contribution in [0.2, 0.25) is 0 Å². The first-order valence-corrected chi connectivity index (χ1v) is 7.92. The van der Waals surface area contributed by atoms with Crippen molar-refractivity contribution in [3.8, 4) is 0 Å². The average Bonchev–Trinajstić information content (AvgIpc) is 2.92. The normalized spacial score (nSPS) is 11.6. The molecule has 0 saturated heterocycles. The molecule has 0 spiro atoms. The lowest BCUT2D eigenvalue weighted by atomic mass is 10.5. The van der Waals surface area contributed by atoms with E-state index in [2.05, 4.69) is 16.3 Å². The van der Waals surface area contributed by atoms with Crippen LogP contribution in [-0.2, 0) is 19.5 Å². The lowest BCUT2D eigenvalue weighted by Crippen LogP contribution is -2.34. The zero-order chi connectivity index (χ0) is 15.2. The maximum absolute atomic E-state index is 12.5. The molecule has 20 heavy (non-hydrogen) atoms. The van der Waals surface area contributed by atoms with Gasteiger partial charge in [-0.15, -0.1) is 17.9 Å². The number of ether oxygens (including phenoxy) is 2. The van der Waals surface area contributed by atoms with Gasteiger partial charge in [-0.05, 0) is 0 Å². The van der Waals surface area contributed by atoms with Crippen LogP contribution in [0.5, 0.6) is 0 Å². The van der Waals surface area contributed by atoms with Gasteiger partial charge in [0.05, 0.1) is 19.2 Å². The number of sulfonamides is 1. The molecule has 0 aliphatic rings. The molecule has 0 unspecified atom stereocenters. The highest BCUT2D eigenvalue weighted by molar-refractivity contribution is 7.91. The maximum Gasteiger partial charge on any atom is 0.358 e. The number of thiazole rings is 1. The molecule has 0 aliphatic carbocycles. The molecule has 1 rings (SSSR count). The average molecular weight is 320 g/mol. The summed E-state index contributed by atoms with van der Waals surface area (Å²) in [5.74, 6) is -0.782. The Morgan fingerprint density at radius 2 is 2.25 bits per heavy atom. The van der Waals surface area contributed by atoms with Crippen molar-refractivity contribution in [2.24, 2.45) is 0 Å². The Bertz CT molecular complexity index is 567. The molecule has 0 radical (unpaired) electrons. The molecule has 1 aromatic heterocycles. The number of carbonyl (C=O) groups excluding carboxylic acids is 1. The number of nitrogens with zero attached hydrogens (tertiary/aromatic N) is 2. The molecule has 1 aromatic rings. The first kappa shape index (κ1) is 16.8. The molecule has 7 nitrogen and oxygen atoms in total. The molecule has 0 N–H and O–H groups in total. The van der Waals surface area contributed by atoms with E-state index in [1.54, 1.807) is 0 Å². The number of hydrogen-bond donors (Lipinski definition) is 0. The molecule has 1 heterocycles. The van der Waals surface area contributed by atoms with Crippen LogP contribution in [-0.4, -0.2) is 57.6 Å². The fourth-order valence-electron chi connectivity index (χ4n) is 1.42. The Morgan fingerprint density at radius 3 is 2.80 bits per heavy atom. The standard InChI is InChI=1S/C11H16N2O5S2/c1-4-5-13(6-7-17-2)20(15,16)11-9(10(14)18-3)12-8-19-11/h4,8H,1,5-7H2,2-3H3. The van der Waals surface area contributed by atoms with Crippen LogP contribution in [0.4, 0.5) is 0 Å². The van der Waals surface area contributed by atoms with Gasteiger partial charge in [-0.3, -0.25) is 0 Å². The van der Waals surface area contributed by atoms with Gasteiger partial charge >= 0.3 is 5.97 Å². The summed E-state index contributed by atoms with van der Waals surface area (Å²) in [5.41, 5.74) is 1.09. The Balaban J connectivity index is 3.16. The summed E-state index contributed by atoms with van der Waals surface area (Å²) in [6.07, 6.45) is 1.46. The van der Waals surface area contributed by atoms with Gasteiger partial charge in [0, 0.05) is 20.2 Å². The van der Waals surface area contributed by atoms with E-state index in [1.807, 2.05) is 0 Å². The van der Waals surface area contributed by atoms with Crippen LogP contribution in [0.3, 0.4) is 0 Å². The van der Waals surface area contributed by atoms with Crippen molar-refractivity contribution in [2.45, 2.75) is 4.21 Å². The lowest BCUT2D eigenvalue weighted by Gasteiger charge is -2.19. The second kappa shape index (κ2) is 7.48. The van der Waals surface area contributed by atoms with E-state index in [-0.39, 0.29) is 29.6 Å². The predicted octanol–water partition coefficient (Wildman–Crippen LogP) is 0.753. The summed E-state index contributed by atoms with van der Waals surface area (Å²) in [5, 5.41) is 0. The van der Waals surface area contributed by atoms with Crippen LogP contribution >= 0.6 is 11.3 Å². The van der Waals surface area contributed by atoms with Crippen molar-refractivity contribution in [3.05, 3.63) is 23.9 Å². The van der Waals surface area contributed by atoms with Crippen LogP contribution in [0.1, 0.15) is 10.5 Å². The number of aromatic nitrogens is 1. The molecule has 0 atom stereocenters. The molecule has 0 amide bonds. The maximum atomic E-state index is 12.5. The number of rotatable bonds is 8. The van der Waals surface area contributed by atoms with E-state index in [9.17, 15) is 13.2 Å². The Labute approximate surface area is 121 Å². The van der Waals surface area contributed by atoms with E-state index in [0.29, 0.717) is 0 Å². The number of carbonyl (C=O) groups is 1. The van der Waals surface area contributed by atoms with Crippen molar-refractivity contribution < 1.29 is 22.7 Å². The van der Waals surface area contributed by atoms with Crippen molar-refractivity contribution in [1.82, 2.24) is 9.29 Å². The molecule has 9 heteroatoms. The van der Waals surface area contributed by atoms with E-state index >= 15 is 0 Å². The van der Waals surface area contributed by atoms with Gasteiger partial charge in [0.15, 0.2) is 9.90 Å². The molecule has 0 saturated carbocycles. The molecule has 0 aromatic carbocycles. The zero-order valence-corrected chi connectivity index (χ0v) is 12.9. The Hall–Kier alpha value is -1.29. The minimum atomic E-state index is -3.84. The summed E-state index contributed by atoms with van der Waals surface area (Å²) in [6, 6.07) is 0. The predicted molar refractivity (Wildman–Crippen MR) is 74.3 cm³/mol. The Kier molecular flexibility index (Phi) is 6.27. The fraction of sp³-hybridized carbons (Fsp3) is 0.455. The van der Waals surface area contributed by atoms with E-state index in [0.717, 1.165) is 11.3 Å². The molecular formula is C11H16N2O5S2. The third-order valence-electron chi connectivity index (χ3n) is 2.37. The van der Waals surface area contributed by atoms with Crippen LogP contribution in [0.15, 0.2) is 22.4 Å². The molecule has 112 valence electrons. The summed E-state index contributed by atoms with van der Waals surface area (Å²) in [4.78, 5) is 15.3. The van der Waals surface area contributed by atoms with Gasteiger partial charge in [-0.2, -0.15) is 4.31 Å². The third-order valence-corrected chi connectivity index (χ3v) is 5.58. The summed E-state index contributed by atoms with van der Waals surface area (Å²) in [7, 11) is -1.19. The number of esters is 1. The minimum Gasteiger partial charge on any atom is -0.464 e. The monoisotopic (exact) mass is 320 g/mol. The summed E-state index contributed by atoms with van der Waals surface area (Å²) >= 11 is 0.871. The van der Waals surface area contributed by atoms with E-state index in [1.165, 1.54) is 30.1 Å². The van der Waals surface area contributed by atoms with Gasteiger partial charge in [0.2, 0.25) is 0 Å². The smallest absolute Gasteiger partial charge is 0.358 e. The quantitative estimate of drug-likeness (QED) is 0.519. The summed E-state index contributed by atoms with van der Waals surface area (Å²) < 4.78 is 35.5. The third kappa shape index (κ3) is 3.63. The summed E-state index contributed by atoms with van der Waals surface area (Å²) in [6.45, 7) is 4.03. The lowest BCUT2D eigenvalue weighted by molar-refractivity contribution is 0.0590. The highest BCUT2D eigenvalue weighted by Gasteiger charge is 2.31. The van der Waals surface area contributed by atoms with Crippen LogP contribution < -0.4 is 0 Å². The number of hydrogen-bond acceptors (Lipinski definition) is 7. The van der Waals surface area contributed by atoms with Crippen molar-refractivity contribution >= 4 is 27.3 Å². The molecule has 0 fully saturated rings. The van der Waals surface area contributed by atoms with Crippen molar-refractivity contribution in [1.29, 1.82) is 0 Å². The van der Waals surface area contributed by atoms with Gasteiger partial charge < -0.3 is 9.47 Å². The zero-order valence-electron chi connectivity index (χ0n) is 11.2. The first-order valence-electron chi connectivity index (χ1n) is 5.60. The topological polar surface area (TPSA) is 85.8 Å². The van der Waals surface area contributed by atoms with Gasteiger partial charge in [0.25, 0.3) is 10.0 Å².